The molecular formula is C42H48BF4P2Rh-. The van der Waals surface area contributed by atoms with E-state index in [9.17, 15) is 17.3 Å². The van der Waals surface area contributed by atoms with Crippen LogP contribution in [-0.2, 0) is 19.5 Å². The summed E-state index contributed by atoms with van der Waals surface area (Å²) in [6.07, 6.45) is 22.2. The maximum absolute atomic E-state index is 9.75. The Morgan fingerprint density at radius 3 is 0.800 bits per heavy atom. The summed E-state index contributed by atoms with van der Waals surface area (Å²) in [4.78, 5) is 0. The Morgan fingerprint density at radius 2 is 0.600 bits per heavy atom. The third-order valence-corrected chi connectivity index (χ3v) is 17.0. The molecule has 0 N–H and O–H groups in total. The van der Waals surface area contributed by atoms with Crippen molar-refractivity contribution in [2.24, 2.45) is 0 Å². The molecule has 4 aromatic carbocycles. The van der Waals surface area contributed by atoms with Crippen LogP contribution in [0.2, 0.25) is 0 Å². The molecule has 0 amide bonds. The molecule has 1 aliphatic carbocycles. The van der Waals surface area contributed by atoms with Crippen molar-refractivity contribution in [1.82, 2.24) is 0 Å². The average molecular weight is 805 g/mol. The molecular weight excluding hydrogens is 756 g/mol. The predicted octanol–water partition coefficient (Wildman–Crippen LogP) is 14.5. The molecule has 2 aliphatic heterocycles. The Kier molecular flexibility index (Phi) is 17.2. The van der Waals surface area contributed by atoms with Gasteiger partial charge in [-0.3, -0.25) is 0 Å². The smallest absolute Gasteiger partial charge is 0.418 e. The first-order chi connectivity index (χ1) is 23.9. The van der Waals surface area contributed by atoms with Gasteiger partial charge in [0, 0.05) is 42.1 Å². The molecule has 4 aromatic rings. The fraction of sp³-hybridized carbons (Fsp3) is 0.333. The largest absolute Gasteiger partial charge is 0.673 e. The van der Waals surface area contributed by atoms with Gasteiger partial charge in [0.25, 0.3) is 0 Å². The van der Waals surface area contributed by atoms with E-state index >= 15 is 0 Å². The summed E-state index contributed by atoms with van der Waals surface area (Å²) >= 11 is 0. The normalized spacial score (nSPS) is 22.9. The standard InChI is InChI=1S/C34H36P2.C8H12.BF4.Rh/c1-5-13-27(14-6-1)31-21-22-32(28-15-7-2-8-16-28)35(31)25-26-36-33(29-17-9-3-10-18-29)23-24-34(36)30-19-11-4-12-20-30;1-2-4-6-8-7-5-3-1;2-1(3,4)5;/h1-20,31-34H,21-26H2;1-2,7-8H,3-6H2;;/q;;-1;/b;2-1-,8-7?;;/t31-,32-,33-,34-;;;/m0.../s1. The summed E-state index contributed by atoms with van der Waals surface area (Å²) in [5.74, 6) is 0. The fourth-order valence-electron chi connectivity index (χ4n) is 7.57. The number of rotatable bonds is 7. The van der Waals surface area contributed by atoms with Crippen LogP contribution in [0.4, 0.5) is 17.3 Å². The van der Waals surface area contributed by atoms with E-state index in [2.05, 4.69) is 146 Å². The van der Waals surface area contributed by atoms with Gasteiger partial charge in [-0.2, -0.15) is 0 Å². The number of benzene rings is 4. The molecule has 267 valence electrons. The minimum absolute atomic E-state index is 0. The molecule has 2 saturated heterocycles. The Hall–Kier alpha value is -2.37. The molecule has 0 saturated carbocycles. The zero-order chi connectivity index (χ0) is 34.3. The van der Waals surface area contributed by atoms with Gasteiger partial charge in [-0.05, 0) is 85.9 Å². The van der Waals surface area contributed by atoms with E-state index in [0.29, 0.717) is 0 Å². The zero-order valence-corrected chi connectivity index (χ0v) is 32.0. The quantitative estimate of drug-likeness (QED) is 0.0756. The molecule has 4 atom stereocenters. The number of hydrogen-bond donors (Lipinski definition) is 0. The molecule has 0 spiro atoms. The van der Waals surface area contributed by atoms with Crippen LogP contribution in [0.25, 0.3) is 0 Å². The number of halogens is 4. The molecule has 8 heteroatoms. The van der Waals surface area contributed by atoms with Gasteiger partial charge in [0.1, 0.15) is 0 Å². The van der Waals surface area contributed by atoms with Gasteiger partial charge in [0.15, 0.2) is 0 Å². The van der Waals surface area contributed by atoms with E-state index in [1.807, 2.05) is 0 Å². The summed E-state index contributed by atoms with van der Waals surface area (Å²) in [6.45, 7) is 0. The molecule has 7 rings (SSSR count). The van der Waals surface area contributed by atoms with Gasteiger partial charge in [0.2, 0.25) is 0 Å². The van der Waals surface area contributed by atoms with Crippen molar-refractivity contribution >= 4 is 23.1 Å². The average Bonchev–Trinajstić information content (AvgIpc) is 3.73. The second-order valence-corrected chi connectivity index (χ2v) is 18.4. The third kappa shape index (κ3) is 12.7. The SMILES string of the molecule is C1=CCC/C=C\CC1.F[B-](F)(F)F.[Rh].c1ccc([C@@H]2CC[C@@H](c3ccccc3)P2CCP2[C@H](c3ccccc3)CC[C@H]2c2ccccc2)cc1. The van der Waals surface area contributed by atoms with Crippen molar-refractivity contribution in [3.63, 3.8) is 0 Å². The summed E-state index contributed by atoms with van der Waals surface area (Å²) in [5.41, 5.74) is 9.31. The first-order valence-corrected chi connectivity index (χ1v) is 21.1. The van der Waals surface area contributed by atoms with E-state index in [1.54, 1.807) is 22.3 Å². The van der Waals surface area contributed by atoms with E-state index in [-0.39, 0.29) is 35.3 Å². The van der Waals surface area contributed by atoms with Gasteiger partial charge in [-0.15, -0.1) is 0 Å². The Bertz CT molecular complexity index is 1330. The van der Waals surface area contributed by atoms with Crippen LogP contribution in [0, 0.1) is 0 Å². The molecule has 2 fully saturated rings. The monoisotopic (exact) mass is 804 g/mol. The molecule has 50 heavy (non-hydrogen) atoms. The van der Waals surface area contributed by atoms with Crippen LogP contribution < -0.4 is 0 Å². The molecule has 1 radical (unpaired) electrons. The topological polar surface area (TPSA) is 0 Å². The predicted molar refractivity (Wildman–Crippen MR) is 206 cm³/mol. The van der Waals surface area contributed by atoms with Crippen molar-refractivity contribution in [2.45, 2.75) is 74.0 Å². The number of hydrogen-bond acceptors (Lipinski definition) is 0. The van der Waals surface area contributed by atoms with Gasteiger partial charge in [-0.1, -0.05) is 161 Å². The first kappa shape index (κ1) is 40.4. The summed E-state index contributed by atoms with van der Waals surface area (Å²) in [7, 11) is -6.20. The van der Waals surface area contributed by atoms with E-state index in [1.165, 1.54) is 63.7 Å². The van der Waals surface area contributed by atoms with E-state index in [0.717, 1.165) is 22.6 Å². The maximum Gasteiger partial charge on any atom is 0.673 e. The van der Waals surface area contributed by atoms with Crippen LogP contribution in [0.15, 0.2) is 146 Å². The Labute approximate surface area is 312 Å². The molecule has 0 nitrogen and oxygen atoms in total. The van der Waals surface area contributed by atoms with E-state index < -0.39 is 7.25 Å². The zero-order valence-electron chi connectivity index (χ0n) is 28.6. The first-order valence-electron chi connectivity index (χ1n) is 17.8. The fourth-order valence-corrected chi connectivity index (χ4v) is 15.7. The van der Waals surface area contributed by atoms with Crippen molar-refractivity contribution in [2.75, 3.05) is 12.3 Å². The summed E-state index contributed by atoms with van der Waals surface area (Å²) < 4.78 is 39.0. The van der Waals surface area contributed by atoms with Gasteiger partial charge >= 0.3 is 7.25 Å². The second-order valence-electron chi connectivity index (χ2n) is 12.9. The Balaban J connectivity index is 0.000000340. The van der Waals surface area contributed by atoms with Gasteiger partial charge in [-0.25, -0.2) is 0 Å². The maximum atomic E-state index is 9.75. The summed E-state index contributed by atoms with van der Waals surface area (Å²) in [6, 6.07) is 45.8. The van der Waals surface area contributed by atoms with Crippen LogP contribution in [0.3, 0.4) is 0 Å². The van der Waals surface area contributed by atoms with Crippen LogP contribution in [0.1, 0.15) is 96.3 Å². The minimum atomic E-state index is -6.00. The minimum Gasteiger partial charge on any atom is -0.418 e. The van der Waals surface area contributed by atoms with Crippen LogP contribution in [-0.4, -0.2) is 19.6 Å². The van der Waals surface area contributed by atoms with Crippen molar-refractivity contribution in [1.29, 1.82) is 0 Å². The molecule has 0 bridgehead atoms. The molecule has 0 unspecified atom stereocenters. The van der Waals surface area contributed by atoms with E-state index in [4.69, 9.17) is 0 Å². The van der Waals surface area contributed by atoms with Crippen molar-refractivity contribution in [3.8, 4) is 0 Å². The second kappa shape index (κ2) is 21.2. The van der Waals surface area contributed by atoms with Crippen molar-refractivity contribution in [3.05, 3.63) is 168 Å². The van der Waals surface area contributed by atoms with Gasteiger partial charge in [0.05, 0.1) is 0 Å². The third-order valence-electron chi connectivity index (χ3n) is 9.72. The Morgan fingerprint density at radius 1 is 0.400 bits per heavy atom. The van der Waals surface area contributed by atoms with Crippen LogP contribution in [0.5, 0.6) is 0 Å². The number of allylic oxidation sites excluding steroid dienone is 4. The summed E-state index contributed by atoms with van der Waals surface area (Å²) in [5, 5.41) is 0. The van der Waals surface area contributed by atoms with Gasteiger partial charge < -0.3 is 17.3 Å². The molecule has 0 aromatic heterocycles. The molecule has 3 aliphatic rings. The molecule has 2 heterocycles. The van der Waals surface area contributed by atoms with Crippen molar-refractivity contribution < 1.29 is 36.7 Å². The van der Waals surface area contributed by atoms with Crippen LogP contribution >= 0.6 is 15.8 Å².